The van der Waals surface area contributed by atoms with Crippen molar-refractivity contribution in [3.05, 3.63) is 17.8 Å². The molecule has 16 heavy (non-hydrogen) atoms. The van der Waals surface area contributed by atoms with Gasteiger partial charge in [-0.15, -0.1) is 0 Å². The molecule has 0 aliphatic rings. The molecule has 7 heteroatoms. The second kappa shape index (κ2) is 5.15. The number of amidine groups is 1. The van der Waals surface area contributed by atoms with E-state index in [1.165, 1.54) is 6.39 Å². The van der Waals surface area contributed by atoms with Crippen molar-refractivity contribution in [2.24, 2.45) is 16.8 Å². The Bertz CT molecular complexity index is 399. The van der Waals surface area contributed by atoms with Crippen LogP contribution in [0, 0.1) is 12.8 Å². The molecule has 1 unspecified atom stereocenters. The second-order valence-electron chi connectivity index (χ2n) is 3.40. The van der Waals surface area contributed by atoms with Crippen LogP contribution in [0.3, 0.4) is 0 Å². The molecule has 0 saturated carbocycles. The zero-order chi connectivity index (χ0) is 12.1. The molecule has 7 nitrogen and oxygen atoms in total. The Labute approximate surface area is 92.3 Å². The van der Waals surface area contributed by atoms with E-state index in [0.717, 1.165) is 0 Å². The van der Waals surface area contributed by atoms with Gasteiger partial charge in [0.1, 0.15) is 5.84 Å². The first-order valence-electron chi connectivity index (χ1n) is 4.72. The van der Waals surface area contributed by atoms with Crippen molar-refractivity contribution in [1.29, 1.82) is 0 Å². The molecule has 0 bridgehead atoms. The van der Waals surface area contributed by atoms with Gasteiger partial charge in [-0.1, -0.05) is 12.1 Å². The van der Waals surface area contributed by atoms with Crippen LogP contribution in [0.4, 0.5) is 0 Å². The van der Waals surface area contributed by atoms with Crippen molar-refractivity contribution in [3.8, 4) is 0 Å². The molecular formula is C9H14N4O3. The molecule has 1 amide bonds. The lowest BCUT2D eigenvalue weighted by Gasteiger charge is -2.09. The second-order valence-corrected chi connectivity index (χ2v) is 3.40. The van der Waals surface area contributed by atoms with E-state index in [-0.39, 0.29) is 30.0 Å². The summed E-state index contributed by atoms with van der Waals surface area (Å²) in [5.74, 6) is -0.383. The Morgan fingerprint density at radius 1 is 1.81 bits per heavy atom. The fraction of sp³-hybridized carbons (Fsp3) is 0.444. The third kappa shape index (κ3) is 2.72. The minimum Gasteiger partial charge on any atom is -0.438 e. The number of carbonyl (C=O) groups is 1. The molecule has 4 N–H and O–H groups in total. The zero-order valence-corrected chi connectivity index (χ0v) is 9.10. The Morgan fingerprint density at radius 3 is 3.00 bits per heavy atom. The quantitative estimate of drug-likeness (QED) is 0.291. The molecule has 1 aromatic heterocycles. The van der Waals surface area contributed by atoms with E-state index in [9.17, 15) is 4.79 Å². The Morgan fingerprint density at radius 2 is 2.50 bits per heavy atom. The number of rotatable bonds is 4. The van der Waals surface area contributed by atoms with Crippen LogP contribution >= 0.6 is 0 Å². The van der Waals surface area contributed by atoms with Gasteiger partial charge in [-0.05, 0) is 6.92 Å². The lowest BCUT2D eigenvalue weighted by atomic mass is 10.1. The summed E-state index contributed by atoms with van der Waals surface area (Å²) in [4.78, 5) is 15.4. The van der Waals surface area contributed by atoms with Gasteiger partial charge in [-0.25, -0.2) is 4.98 Å². The predicted molar refractivity (Wildman–Crippen MR) is 56.1 cm³/mol. The Kier molecular flexibility index (Phi) is 3.87. The Hall–Kier alpha value is -2.05. The smallest absolute Gasteiger partial charge is 0.289 e. The van der Waals surface area contributed by atoms with Gasteiger partial charge < -0.3 is 20.7 Å². The summed E-state index contributed by atoms with van der Waals surface area (Å²) < 4.78 is 4.91. The molecule has 88 valence electrons. The highest BCUT2D eigenvalue weighted by atomic mass is 16.4. The lowest BCUT2D eigenvalue weighted by molar-refractivity contribution is 0.0922. The van der Waals surface area contributed by atoms with Gasteiger partial charge >= 0.3 is 0 Å². The fourth-order valence-corrected chi connectivity index (χ4v) is 1.05. The molecule has 1 heterocycles. The number of aromatic nitrogens is 1. The van der Waals surface area contributed by atoms with Gasteiger partial charge in [0.2, 0.25) is 5.76 Å². The summed E-state index contributed by atoms with van der Waals surface area (Å²) in [6.45, 7) is 3.66. The number of oxime groups is 1. The summed E-state index contributed by atoms with van der Waals surface area (Å²) in [6, 6.07) is 0. The van der Waals surface area contributed by atoms with Gasteiger partial charge in [0.15, 0.2) is 6.39 Å². The molecule has 1 rings (SSSR count). The maximum absolute atomic E-state index is 11.6. The van der Waals surface area contributed by atoms with Crippen molar-refractivity contribution in [2.45, 2.75) is 13.8 Å². The van der Waals surface area contributed by atoms with Crippen molar-refractivity contribution in [2.75, 3.05) is 6.54 Å². The molecule has 1 atom stereocenters. The van der Waals surface area contributed by atoms with E-state index in [1.54, 1.807) is 13.8 Å². The lowest BCUT2D eigenvalue weighted by Crippen LogP contribution is -2.34. The third-order valence-electron chi connectivity index (χ3n) is 2.14. The number of hydrogen-bond acceptors (Lipinski definition) is 5. The number of oxazole rings is 1. The normalized spacial score (nSPS) is 13.5. The number of nitrogens with two attached hydrogens (primary N) is 1. The highest BCUT2D eigenvalue weighted by Gasteiger charge is 2.15. The highest BCUT2D eigenvalue weighted by Crippen LogP contribution is 2.04. The molecule has 0 spiro atoms. The van der Waals surface area contributed by atoms with Gasteiger partial charge in [-0.2, -0.15) is 0 Å². The molecule has 0 radical (unpaired) electrons. The number of nitrogens with zero attached hydrogens (tertiary/aromatic N) is 2. The number of carbonyl (C=O) groups excluding carboxylic acids is 1. The van der Waals surface area contributed by atoms with E-state index in [4.69, 9.17) is 15.4 Å². The van der Waals surface area contributed by atoms with Crippen LogP contribution in [0.1, 0.15) is 23.2 Å². The van der Waals surface area contributed by atoms with Crippen LogP contribution in [-0.2, 0) is 0 Å². The van der Waals surface area contributed by atoms with Crippen LogP contribution in [0.5, 0.6) is 0 Å². The monoisotopic (exact) mass is 226 g/mol. The van der Waals surface area contributed by atoms with E-state index < -0.39 is 0 Å². The summed E-state index contributed by atoms with van der Waals surface area (Å²) in [7, 11) is 0. The molecule has 0 fully saturated rings. The van der Waals surface area contributed by atoms with Crippen molar-refractivity contribution in [3.63, 3.8) is 0 Å². The number of amides is 1. The van der Waals surface area contributed by atoms with Crippen molar-refractivity contribution >= 4 is 11.7 Å². The summed E-state index contributed by atoms with van der Waals surface area (Å²) in [6.07, 6.45) is 1.21. The summed E-state index contributed by atoms with van der Waals surface area (Å²) >= 11 is 0. The number of hydrogen-bond donors (Lipinski definition) is 3. The van der Waals surface area contributed by atoms with E-state index in [1.807, 2.05) is 0 Å². The van der Waals surface area contributed by atoms with Gasteiger partial charge in [0.25, 0.3) is 5.91 Å². The maximum Gasteiger partial charge on any atom is 0.289 e. The zero-order valence-electron chi connectivity index (χ0n) is 9.10. The molecule has 0 aromatic carbocycles. The Balaban J connectivity index is 2.51. The molecular weight excluding hydrogens is 212 g/mol. The fourth-order valence-electron chi connectivity index (χ4n) is 1.05. The summed E-state index contributed by atoms with van der Waals surface area (Å²) in [5.41, 5.74) is 5.89. The average molecular weight is 226 g/mol. The topological polar surface area (TPSA) is 114 Å². The molecule has 0 aliphatic carbocycles. The largest absolute Gasteiger partial charge is 0.438 e. The van der Waals surface area contributed by atoms with Crippen LogP contribution in [-0.4, -0.2) is 28.5 Å². The average Bonchev–Trinajstić information content (AvgIpc) is 2.70. The molecule has 0 saturated heterocycles. The molecule has 0 aliphatic heterocycles. The minimum absolute atomic E-state index is 0.0644. The first kappa shape index (κ1) is 12.0. The predicted octanol–water partition coefficient (Wildman–Crippen LogP) is 0.0953. The molecule has 1 aromatic rings. The summed E-state index contributed by atoms with van der Waals surface area (Å²) in [5, 5.41) is 13.9. The van der Waals surface area contributed by atoms with Crippen molar-refractivity contribution in [1.82, 2.24) is 10.3 Å². The number of nitrogens with one attached hydrogen (secondary N) is 1. The highest BCUT2D eigenvalue weighted by molar-refractivity contribution is 5.92. The third-order valence-corrected chi connectivity index (χ3v) is 2.14. The van der Waals surface area contributed by atoms with E-state index in [0.29, 0.717) is 5.69 Å². The van der Waals surface area contributed by atoms with E-state index >= 15 is 0 Å². The van der Waals surface area contributed by atoms with Crippen LogP contribution in [0.2, 0.25) is 0 Å². The van der Waals surface area contributed by atoms with Gasteiger partial charge in [0.05, 0.1) is 5.69 Å². The van der Waals surface area contributed by atoms with Gasteiger partial charge in [0, 0.05) is 12.5 Å². The van der Waals surface area contributed by atoms with Crippen LogP contribution in [0.15, 0.2) is 16.0 Å². The SMILES string of the molecule is Cc1ncoc1C(=O)NCC(C)C(N)=NO. The van der Waals surface area contributed by atoms with Crippen molar-refractivity contribution < 1.29 is 14.4 Å². The maximum atomic E-state index is 11.6. The number of aryl methyl sites for hydroxylation is 1. The van der Waals surface area contributed by atoms with Crippen LogP contribution in [0.25, 0.3) is 0 Å². The first-order chi connectivity index (χ1) is 7.56. The minimum atomic E-state index is -0.368. The standard InChI is InChI=1S/C9H14N4O3/c1-5(8(10)13-15)3-11-9(14)7-6(2)12-4-16-7/h4-5,15H,3H2,1-2H3,(H2,10,13)(H,11,14). The van der Waals surface area contributed by atoms with Gasteiger partial charge in [-0.3, -0.25) is 4.79 Å². The van der Waals surface area contributed by atoms with E-state index in [2.05, 4.69) is 15.5 Å². The van der Waals surface area contributed by atoms with Crippen LogP contribution < -0.4 is 11.1 Å². The first-order valence-corrected chi connectivity index (χ1v) is 4.72.